The summed E-state index contributed by atoms with van der Waals surface area (Å²) in [6.07, 6.45) is 3.96. The molecule has 1 fully saturated rings. The average Bonchev–Trinajstić information content (AvgIpc) is 2.32. The lowest BCUT2D eigenvalue weighted by Gasteiger charge is -2.32. The van der Waals surface area contributed by atoms with E-state index in [9.17, 15) is 0 Å². The Hall–Kier alpha value is -0.250. The molecule has 1 aromatic carbocycles. The topological polar surface area (TPSA) is 15.3 Å². The number of hydrogen-bond donors (Lipinski definition) is 1. The van der Waals surface area contributed by atoms with Crippen LogP contribution in [-0.2, 0) is 0 Å². The Labute approximate surface area is 116 Å². The fourth-order valence-electron chi connectivity index (χ4n) is 2.24. The highest BCUT2D eigenvalue weighted by atomic mass is 79.9. The predicted octanol–water partition coefficient (Wildman–Crippen LogP) is 4.00. The zero-order chi connectivity index (χ0) is 12.3. The minimum atomic E-state index is 0.645. The Balaban J connectivity index is 1.90. The van der Waals surface area contributed by atoms with Crippen molar-refractivity contribution in [3.63, 3.8) is 0 Å². The maximum Gasteiger partial charge on any atom is 0.0568 e. The number of nitrogens with zero attached hydrogens (tertiary/aromatic N) is 1. The van der Waals surface area contributed by atoms with E-state index in [1.54, 1.807) is 0 Å². The number of anilines is 1. The molecule has 0 saturated carbocycles. The zero-order valence-corrected chi connectivity index (χ0v) is 12.4. The molecule has 1 aliphatic rings. The van der Waals surface area contributed by atoms with Gasteiger partial charge < -0.3 is 10.2 Å². The van der Waals surface area contributed by atoms with Crippen LogP contribution in [0.5, 0.6) is 0 Å². The van der Waals surface area contributed by atoms with Gasteiger partial charge in [-0.2, -0.15) is 0 Å². The van der Waals surface area contributed by atoms with Crippen molar-refractivity contribution in [2.75, 3.05) is 25.5 Å². The lowest BCUT2D eigenvalue weighted by molar-refractivity contribution is 0.194. The van der Waals surface area contributed by atoms with Crippen LogP contribution in [0.2, 0.25) is 5.02 Å². The van der Waals surface area contributed by atoms with Gasteiger partial charge in [0.2, 0.25) is 0 Å². The van der Waals surface area contributed by atoms with Gasteiger partial charge in [0.1, 0.15) is 0 Å². The monoisotopic (exact) mass is 316 g/mol. The van der Waals surface area contributed by atoms with Crippen molar-refractivity contribution in [1.82, 2.24) is 4.90 Å². The van der Waals surface area contributed by atoms with Crippen molar-refractivity contribution in [1.29, 1.82) is 0 Å². The summed E-state index contributed by atoms with van der Waals surface area (Å²) >= 11 is 9.47. The number of rotatable bonds is 3. The minimum absolute atomic E-state index is 0.645. The van der Waals surface area contributed by atoms with Gasteiger partial charge in [-0.25, -0.2) is 0 Å². The quantitative estimate of drug-likeness (QED) is 0.906. The lowest BCUT2D eigenvalue weighted by Crippen LogP contribution is -2.40. The van der Waals surface area contributed by atoms with Crippen LogP contribution in [0.3, 0.4) is 0 Å². The van der Waals surface area contributed by atoms with E-state index in [1.807, 2.05) is 12.1 Å². The second kappa shape index (κ2) is 6.07. The molecular formula is C13H18BrClN2. The molecule has 4 heteroatoms. The van der Waals surface area contributed by atoms with Gasteiger partial charge in [0, 0.05) is 22.7 Å². The second-order valence-corrected chi connectivity index (χ2v) is 5.90. The van der Waals surface area contributed by atoms with Gasteiger partial charge in [0.25, 0.3) is 0 Å². The number of halogens is 2. The molecule has 0 aliphatic carbocycles. The van der Waals surface area contributed by atoms with Crippen LogP contribution in [0.25, 0.3) is 0 Å². The Morgan fingerprint density at radius 3 is 3.00 bits per heavy atom. The highest BCUT2D eigenvalue weighted by Gasteiger charge is 2.18. The second-order valence-electron chi connectivity index (χ2n) is 4.64. The van der Waals surface area contributed by atoms with Gasteiger partial charge >= 0.3 is 0 Å². The fourth-order valence-corrected chi connectivity index (χ4v) is 2.67. The summed E-state index contributed by atoms with van der Waals surface area (Å²) in [5, 5.41) is 4.22. The largest absolute Gasteiger partial charge is 0.383 e. The zero-order valence-electron chi connectivity index (χ0n) is 10.0. The van der Waals surface area contributed by atoms with Crippen LogP contribution in [0, 0.1) is 0 Å². The molecule has 0 spiro atoms. The standard InChI is InChI=1S/C13H18BrClN2/c1-17-7-3-2-4-11(17)9-16-10-5-6-12(14)13(15)8-10/h5-6,8,11,16H,2-4,7,9H2,1H3. The van der Waals surface area contributed by atoms with Gasteiger partial charge in [-0.3, -0.25) is 0 Å². The molecule has 0 amide bonds. The molecule has 0 bridgehead atoms. The number of hydrogen-bond acceptors (Lipinski definition) is 2. The molecule has 0 aromatic heterocycles. The molecular weight excluding hydrogens is 300 g/mol. The molecule has 1 aliphatic heterocycles. The van der Waals surface area contributed by atoms with Crippen molar-refractivity contribution in [2.45, 2.75) is 25.3 Å². The minimum Gasteiger partial charge on any atom is -0.383 e. The normalized spacial score (nSPS) is 21.5. The number of benzene rings is 1. The number of likely N-dealkylation sites (N-methyl/N-ethyl adjacent to an activating group) is 1. The van der Waals surface area contributed by atoms with E-state index in [4.69, 9.17) is 11.6 Å². The smallest absolute Gasteiger partial charge is 0.0568 e. The van der Waals surface area contributed by atoms with E-state index in [2.05, 4.69) is 39.3 Å². The van der Waals surface area contributed by atoms with Crippen LogP contribution >= 0.6 is 27.5 Å². The van der Waals surface area contributed by atoms with E-state index in [0.717, 1.165) is 21.7 Å². The van der Waals surface area contributed by atoms with E-state index >= 15 is 0 Å². The molecule has 1 atom stereocenters. The summed E-state index contributed by atoms with van der Waals surface area (Å²) in [5.74, 6) is 0. The molecule has 17 heavy (non-hydrogen) atoms. The van der Waals surface area contributed by atoms with Crippen molar-refractivity contribution in [2.24, 2.45) is 0 Å². The summed E-state index contributed by atoms with van der Waals surface area (Å²) in [4.78, 5) is 2.44. The molecule has 2 nitrogen and oxygen atoms in total. The highest BCUT2D eigenvalue weighted by Crippen LogP contribution is 2.25. The van der Waals surface area contributed by atoms with Crippen molar-refractivity contribution >= 4 is 33.2 Å². The maximum absolute atomic E-state index is 6.07. The maximum atomic E-state index is 6.07. The third kappa shape index (κ3) is 3.60. The van der Waals surface area contributed by atoms with Crippen LogP contribution in [0.4, 0.5) is 5.69 Å². The van der Waals surface area contributed by atoms with Gasteiger partial charge in [-0.1, -0.05) is 18.0 Å². The Kier molecular flexibility index (Phi) is 4.71. The van der Waals surface area contributed by atoms with E-state index in [-0.39, 0.29) is 0 Å². The highest BCUT2D eigenvalue weighted by molar-refractivity contribution is 9.10. The van der Waals surface area contributed by atoms with Crippen molar-refractivity contribution in [3.05, 3.63) is 27.7 Å². The first-order valence-corrected chi connectivity index (χ1v) is 7.23. The van der Waals surface area contributed by atoms with Crippen LogP contribution in [-0.4, -0.2) is 31.1 Å². The summed E-state index contributed by atoms with van der Waals surface area (Å²) < 4.78 is 0.944. The SMILES string of the molecule is CN1CCCCC1CNc1ccc(Br)c(Cl)c1. The van der Waals surface area contributed by atoms with E-state index in [0.29, 0.717) is 6.04 Å². The van der Waals surface area contributed by atoms with Gasteiger partial charge in [0.15, 0.2) is 0 Å². The van der Waals surface area contributed by atoms with Gasteiger partial charge in [-0.05, 0) is 60.6 Å². The van der Waals surface area contributed by atoms with Crippen molar-refractivity contribution < 1.29 is 0 Å². The molecule has 1 saturated heterocycles. The van der Waals surface area contributed by atoms with Gasteiger partial charge in [0.05, 0.1) is 5.02 Å². The number of piperidine rings is 1. The van der Waals surface area contributed by atoms with Gasteiger partial charge in [-0.15, -0.1) is 0 Å². The third-order valence-electron chi connectivity index (χ3n) is 3.38. The summed E-state index contributed by atoms with van der Waals surface area (Å²) in [5.41, 5.74) is 1.09. The predicted molar refractivity (Wildman–Crippen MR) is 77.9 cm³/mol. The molecule has 0 radical (unpaired) electrons. The molecule has 1 N–H and O–H groups in total. The molecule has 94 valence electrons. The lowest BCUT2D eigenvalue weighted by atomic mass is 10.0. The Morgan fingerprint density at radius 1 is 1.47 bits per heavy atom. The third-order valence-corrected chi connectivity index (χ3v) is 4.62. The average molecular weight is 318 g/mol. The fraction of sp³-hybridized carbons (Fsp3) is 0.538. The molecule has 1 unspecified atom stereocenters. The van der Waals surface area contributed by atoms with E-state index in [1.165, 1.54) is 25.8 Å². The first kappa shape index (κ1) is 13.2. The number of likely N-dealkylation sites (tertiary alicyclic amines) is 1. The summed E-state index contributed by atoms with van der Waals surface area (Å²) in [6.45, 7) is 2.21. The Morgan fingerprint density at radius 2 is 2.29 bits per heavy atom. The summed E-state index contributed by atoms with van der Waals surface area (Å²) in [7, 11) is 2.21. The summed E-state index contributed by atoms with van der Waals surface area (Å²) in [6, 6.07) is 6.65. The molecule has 1 heterocycles. The number of nitrogens with one attached hydrogen (secondary N) is 1. The van der Waals surface area contributed by atoms with E-state index < -0.39 is 0 Å². The van der Waals surface area contributed by atoms with Crippen LogP contribution in [0.1, 0.15) is 19.3 Å². The van der Waals surface area contributed by atoms with Crippen molar-refractivity contribution in [3.8, 4) is 0 Å². The first-order chi connectivity index (χ1) is 8.16. The first-order valence-electron chi connectivity index (χ1n) is 6.06. The van der Waals surface area contributed by atoms with Crippen LogP contribution in [0.15, 0.2) is 22.7 Å². The van der Waals surface area contributed by atoms with Crippen LogP contribution < -0.4 is 5.32 Å². The molecule has 1 aromatic rings. The Bertz CT molecular complexity index is 384. The molecule has 2 rings (SSSR count).